The average Bonchev–Trinajstić information content (AvgIpc) is 3.06. The normalized spacial score (nSPS) is 15.4. The van der Waals surface area contributed by atoms with E-state index in [1.54, 1.807) is 12.1 Å². The molecule has 2 heterocycles. The molecule has 1 aliphatic heterocycles. The first-order valence-electron chi connectivity index (χ1n) is 9.03. The van der Waals surface area contributed by atoms with Gasteiger partial charge in [-0.1, -0.05) is 6.92 Å². The molecule has 3 aromatic rings. The van der Waals surface area contributed by atoms with Gasteiger partial charge in [0.25, 0.3) is 5.91 Å². The molecule has 0 spiro atoms. The molecule has 2 aromatic carbocycles. The summed E-state index contributed by atoms with van der Waals surface area (Å²) in [6, 6.07) is 14.0. The largest absolute Gasteiger partial charge is 0.372 e. The van der Waals surface area contributed by atoms with Crippen LogP contribution in [-0.4, -0.2) is 24.0 Å². The zero-order chi connectivity index (χ0) is 18.1. The van der Waals surface area contributed by atoms with Crippen molar-refractivity contribution in [2.45, 2.75) is 19.8 Å². The molecule has 1 fully saturated rings. The second kappa shape index (κ2) is 6.83. The second-order valence-corrected chi connectivity index (χ2v) is 7.09. The van der Waals surface area contributed by atoms with Crippen molar-refractivity contribution >= 4 is 28.2 Å². The Kier molecular flexibility index (Phi) is 4.37. The van der Waals surface area contributed by atoms with E-state index in [-0.39, 0.29) is 11.7 Å². The zero-order valence-corrected chi connectivity index (χ0v) is 14.8. The van der Waals surface area contributed by atoms with Crippen LogP contribution >= 0.6 is 0 Å². The van der Waals surface area contributed by atoms with E-state index in [1.165, 1.54) is 30.7 Å². The molecule has 4 rings (SSSR count). The Hall–Kier alpha value is -2.82. The van der Waals surface area contributed by atoms with Crippen LogP contribution in [0.5, 0.6) is 0 Å². The highest BCUT2D eigenvalue weighted by Gasteiger charge is 2.16. The lowest BCUT2D eigenvalue weighted by Crippen LogP contribution is -2.32. The summed E-state index contributed by atoms with van der Waals surface area (Å²) in [6.07, 6.45) is 2.44. The first kappa shape index (κ1) is 16.6. The molecule has 0 radical (unpaired) electrons. The molecular weight excluding hydrogens is 329 g/mol. The molecule has 26 heavy (non-hydrogen) atoms. The third-order valence-electron chi connectivity index (χ3n) is 5.10. The molecular formula is C21H22FN3O. The molecule has 1 aliphatic rings. The van der Waals surface area contributed by atoms with Gasteiger partial charge in [-0.05, 0) is 67.3 Å². The number of rotatable bonds is 3. The average molecular weight is 351 g/mol. The molecule has 134 valence electrons. The summed E-state index contributed by atoms with van der Waals surface area (Å²) in [5.74, 6) is 0.252. The summed E-state index contributed by atoms with van der Waals surface area (Å²) < 4.78 is 13.3. The lowest BCUT2D eigenvalue weighted by molar-refractivity contribution is 0.102. The molecule has 0 aliphatic carbocycles. The van der Waals surface area contributed by atoms with Crippen molar-refractivity contribution in [1.29, 1.82) is 0 Å². The standard InChI is InChI=1S/C21H22FN3O/c1-14-8-10-25(11-9-14)18-5-3-17(4-6-18)23-21(26)20-13-15-12-16(22)2-7-19(15)24-20/h2-7,12-14,24H,8-11H2,1H3,(H,23,26). The van der Waals surface area contributed by atoms with Crippen molar-refractivity contribution in [1.82, 2.24) is 4.98 Å². The van der Waals surface area contributed by atoms with E-state index in [1.807, 2.05) is 24.3 Å². The molecule has 1 amide bonds. The maximum atomic E-state index is 13.3. The number of halogens is 1. The number of carbonyl (C=O) groups excluding carboxylic acids is 1. The van der Waals surface area contributed by atoms with E-state index in [0.29, 0.717) is 11.1 Å². The number of piperidine rings is 1. The van der Waals surface area contributed by atoms with Gasteiger partial charge in [0.15, 0.2) is 0 Å². The van der Waals surface area contributed by atoms with Crippen LogP contribution in [0.3, 0.4) is 0 Å². The van der Waals surface area contributed by atoms with Gasteiger partial charge in [-0.15, -0.1) is 0 Å². The van der Waals surface area contributed by atoms with Crippen molar-refractivity contribution in [2.24, 2.45) is 5.92 Å². The number of anilines is 2. The number of carbonyl (C=O) groups is 1. The maximum absolute atomic E-state index is 13.3. The van der Waals surface area contributed by atoms with Crippen LogP contribution in [0, 0.1) is 11.7 Å². The molecule has 0 bridgehead atoms. The smallest absolute Gasteiger partial charge is 0.272 e. The summed E-state index contributed by atoms with van der Waals surface area (Å²) in [5, 5.41) is 3.57. The van der Waals surface area contributed by atoms with Gasteiger partial charge in [0.2, 0.25) is 0 Å². The minimum absolute atomic E-state index is 0.235. The Morgan fingerprint density at radius 3 is 2.58 bits per heavy atom. The highest BCUT2D eigenvalue weighted by molar-refractivity contribution is 6.06. The van der Waals surface area contributed by atoms with Crippen LogP contribution in [0.25, 0.3) is 10.9 Å². The summed E-state index contributed by atoms with van der Waals surface area (Å²) >= 11 is 0. The predicted molar refractivity (Wildman–Crippen MR) is 103 cm³/mol. The SMILES string of the molecule is CC1CCN(c2ccc(NC(=O)c3cc4cc(F)ccc4[nH]3)cc2)CC1. The van der Waals surface area contributed by atoms with Crippen LogP contribution in [0.1, 0.15) is 30.3 Å². The topological polar surface area (TPSA) is 48.1 Å². The van der Waals surface area contributed by atoms with Crippen LogP contribution in [0.15, 0.2) is 48.5 Å². The van der Waals surface area contributed by atoms with Crippen LogP contribution in [0.2, 0.25) is 0 Å². The van der Waals surface area contributed by atoms with E-state index in [4.69, 9.17) is 0 Å². The molecule has 1 aromatic heterocycles. The Bertz CT molecular complexity index is 924. The quantitative estimate of drug-likeness (QED) is 0.712. The van der Waals surface area contributed by atoms with Crippen molar-refractivity contribution in [3.63, 3.8) is 0 Å². The van der Waals surface area contributed by atoms with Gasteiger partial charge in [0, 0.05) is 35.4 Å². The number of aromatic amines is 1. The molecule has 0 saturated carbocycles. The fourth-order valence-corrected chi connectivity index (χ4v) is 3.45. The lowest BCUT2D eigenvalue weighted by Gasteiger charge is -2.32. The van der Waals surface area contributed by atoms with Gasteiger partial charge in [0.05, 0.1) is 0 Å². The lowest BCUT2D eigenvalue weighted by atomic mass is 9.99. The first-order chi connectivity index (χ1) is 12.6. The number of fused-ring (bicyclic) bond motifs is 1. The van der Waals surface area contributed by atoms with E-state index in [2.05, 4.69) is 22.1 Å². The van der Waals surface area contributed by atoms with E-state index >= 15 is 0 Å². The van der Waals surface area contributed by atoms with Crippen molar-refractivity contribution in [3.05, 3.63) is 60.0 Å². The zero-order valence-electron chi connectivity index (χ0n) is 14.8. The Balaban J connectivity index is 1.45. The number of hydrogen-bond donors (Lipinski definition) is 2. The molecule has 0 atom stereocenters. The van der Waals surface area contributed by atoms with E-state index in [9.17, 15) is 9.18 Å². The molecule has 1 saturated heterocycles. The Labute approximate surface area is 152 Å². The third kappa shape index (κ3) is 3.43. The van der Waals surface area contributed by atoms with Gasteiger partial charge >= 0.3 is 0 Å². The van der Waals surface area contributed by atoms with Gasteiger partial charge in [-0.3, -0.25) is 4.79 Å². The maximum Gasteiger partial charge on any atom is 0.272 e. The number of nitrogens with zero attached hydrogens (tertiary/aromatic N) is 1. The highest BCUT2D eigenvalue weighted by atomic mass is 19.1. The van der Waals surface area contributed by atoms with Crippen LogP contribution in [-0.2, 0) is 0 Å². The van der Waals surface area contributed by atoms with E-state index < -0.39 is 0 Å². The Morgan fingerprint density at radius 2 is 1.85 bits per heavy atom. The first-order valence-corrected chi connectivity index (χ1v) is 9.03. The van der Waals surface area contributed by atoms with Gasteiger partial charge in [-0.25, -0.2) is 4.39 Å². The van der Waals surface area contributed by atoms with Gasteiger partial charge in [-0.2, -0.15) is 0 Å². The van der Waals surface area contributed by atoms with Gasteiger partial charge in [0.1, 0.15) is 11.5 Å². The van der Waals surface area contributed by atoms with Crippen LogP contribution in [0.4, 0.5) is 15.8 Å². The molecule has 4 nitrogen and oxygen atoms in total. The summed E-state index contributed by atoms with van der Waals surface area (Å²) in [7, 11) is 0. The van der Waals surface area contributed by atoms with Crippen molar-refractivity contribution < 1.29 is 9.18 Å². The predicted octanol–water partition coefficient (Wildman–Crippen LogP) is 4.80. The summed E-state index contributed by atoms with van der Waals surface area (Å²) in [4.78, 5) is 17.9. The minimum atomic E-state index is -0.314. The summed E-state index contributed by atoms with van der Waals surface area (Å²) in [6.45, 7) is 4.46. The number of amides is 1. The van der Waals surface area contributed by atoms with Crippen molar-refractivity contribution in [3.8, 4) is 0 Å². The van der Waals surface area contributed by atoms with E-state index in [0.717, 1.165) is 30.2 Å². The molecule has 0 unspecified atom stereocenters. The fourth-order valence-electron chi connectivity index (χ4n) is 3.45. The number of aromatic nitrogens is 1. The van der Waals surface area contributed by atoms with Crippen LogP contribution < -0.4 is 10.2 Å². The fraction of sp³-hybridized carbons (Fsp3) is 0.286. The monoisotopic (exact) mass is 351 g/mol. The van der Waals surface area contributed by atoms with Gasteiger partial charge < -0.3 is 15.2 Å². The highest BCUT2D eigenvalue weighted by Crippen LogP contribution is 2.24. The molecule has 2 N–H and O–H groups in total. The van der Waals surface area contributed by atoms with Crippen molar-refractivity contribution in [2.75, 3.05) is 23.3 Å². The third-order valence-corrected chi connectivity index (χ3v) is 5.10. The summed E-state index contributed by atoms with van der Waals surface area (Å²) in [5.41, 5.74) is 3.09. The second-order valence-electron chi connectivity index (χ2n) is 7.09. The Morgan fingerprint density at radius 1 is 1.12 bits per heavy atom. The number of hydrogen-bond acceptors (Lipinski definition) is 2. The minimum Gasteiger partial charge on any atom is -0.372 e. The number of nitrogens with one attached hydrogen (secondary N) is 2. The number of benzene rings is 2. The molecule has 5 heteroatoms. The number of H-pyrrole nitrogens is 1.